The van der Waals surface area contributed by atoms with Crippen molar-refractivity contribution in [1.29, 1.82) is 15.8 Å². The summed E-state index contributed by atoms with van der Waals surface area (Å²) in [6, 6.07) is 14.2. The van der Waals surface area contributed by atoms with Crippen molar-refractivity contribution >= 4 is 23.3 Å². The number of allylic oxidation sites excluding steroid dienone is 2. The van der Waals surface area contributed by atoms with Gasteiger partial charge in [-0.05, 0) is 88.8 Å². The first-order valence-electron chi connectivity index (χ1n) is 16.0. The largest absolute Gasteiger partial charge is 0.479 e. The maximum absolute atomic E-state index is 12.0. The fourth-order valence-corrected chi connectivity index (χ4v) is 6.25. The molecule has 10 nitrogen and oxygen atoms in total. The van der Waals surface area contributed by atoms with Gasteiger partial charge in [-0.2, -0.15) is 15.8 Å². The molecule has 1 aliphatic carbocycles. The highest BCUT2D eigenvalue weighted by Crippen LogP contribution is 2.52. The van der Waals surface area contributed by atoms with Crippen LogP contribution < -0.4 is 10.2 Å². The first-order chi connectivity index (χ1) is 21.7. The van der Waals surface area contributed by atoms with Gasteiger partial charge in [0.15, 0.2) is 11.3 Å². The summed E-state index contributed by atoms with van der Waals surface area (Å²) in [4.78, 5) is 26.4. The highest BCUT2D eigenvalue weighted by atomic mass is 16.6. The Bertz CT molecular complexity index is 1410. The zero-order valence-electron chi connectivity index (χ0n) is 26.6. The van der Waals surface area contributed by atoms with E-state index < -0.39 is 17.1 Å². The van der Waals surface area contributed by atoms with Gasteiger partial charge in [0.1, 0.15) is 36.0 Å². The second-order valence-electron chi connectivity index (χ2n) is 12.6. The number of benzene rings is 1. The number of hydrogen-bond donors (Lipinski definition) is 1. The molecule has 0 unspecified atom stereocenters. The van der Waals surface area contributed by atoms with Crippen LogP contribution in [0.5, 0.6) is 0 Å². The Hall–Kier alpha value is -4.49. The molecule has 1 saturated heterocycles. The minimum absolute atomic E-state index is 0.115. The molecule has 0 atom stereocenters. The average molecular weight is 614 g/mol. The van der Waals surface area contributed by atoms with Crippen LogP contribution >= 0.6 is 0 Å². The van der Waals surface area contributed by atoms with Gasteiger partial charge >= 0.3 is 12.1 Å². The third-order valence-electron chi connectivity index (χ3n) is 9.39. The van der Waals surface area contributed by atoms with Crippen molar-refractivity contribution < 1.29 is 23.8 Å². The quantitative estimate of drug-likeness (QED) is 0.182. The van der Waals surface area contributed by atoms with Crippen LogP contribution in [0.3, 0.4) is 0 Å². The van der Waals surface area contributed by atoms with Crippen molar-refractivity contribution in [1.82, 2.24) is 5.32 Å². The van der Waals surface area contributed by atoms with Crippen LogP contribution in [-0.4, -0.2) is 50.5 Å². The Kier molecular flexibility index (Phi) is 11.1. The highest BCUT2D eigenvalue weighted by Gasteiger charge is 2.48. The second kappa shape index (κ2) is 15.0. The van der Waals surface area contributed by atoms with Crippen molar-refractivity contribution in [2.45, 2.75) is 84.2 Å². The zero-order chi connectivity index (χ0) is 32.5. The molecule has 1 spiro atoms. The molecular weight excluding hydrogens is 570 g/mol. The number of carbonyl (C=O) groups excluding carboxylic acids is 2. The van der Waals surface area contributed by atoms with Gasteiger partial charge in [-0.25, -0.2) is 4.79 Å². The van der Waals surface area contributed by atoms with E-state index in [1.165, 1.54) is 0 Å². The van der Waals surface area contributed by atoms with Gasteiger partial charge in [0, 0.05) is 24.4 Å². The maximum Gasteiger partial charge on any atom is 0.407 e. The number of piperidine rings is 1. The number of nitrogens with zero attached hydrogens (tertiary/aromatic N) is 4. The van der Waals surface area contributed by atoms with Gasteiger partial charge < -0.3 is 24.4 Å². The fraction of sp³-hybridized carbons (Fsp3) is 0.571. The number of nitriles is 3. The predicted octanol–water partition coefficient (Wildman–Crippen LogP) is 6.31. The summed E-state index contributed by atoms with van der Waals surface area (Å²) in [7, 11) is 0. The zero-order valence-corrected chi connectivity index (χ0v) is 26.6. The average Bonchev–Trinajstić information content (AvgIpc) is 3.36. The van der Waals surface area contributed by atoms with Crippen LogP contribution in [0, 0.1) is 45.3 Å². The minimum atomic E-state index is -0.685. The number of carbonyl (C=O) groups is 2. The van der Waals surface area contributed by atoms with E-state index in [0.717, 1.165) is 81.3 Å². The van der Waals surface area contributed by atoms with Crippen LogP contribution in [0.2, 0.25) is 0 Å². The smallest absolute Gasteiger partial charge is 0.407 e. The molecule has 1 aromatic carbocycles. The first kappa shape index (κ1) is 33.4. The molecule has 3 aliphatic rings. The Morgan fingerprint density at radius 2 is 1.69 bits per heavy atom. The fourth-order valence-electron chi connectivity index (χ4n) is 6.25. The standard InChI is InChI=1S/C35H43N5O5/c1-4-34(2,3)32(41)43-21-17-39-33(42)44-20-14-25-12-18-40(19-13-25)28-10-8-26(9-11-28)30-29(24-38)31(27(22-36)23-37)45-35(30)15-6-5-7-16-35/h8-11,25H,4-7,12-21H2,1-3H3,(H,39,42). The third kappa shape index (κ3) is 7.78. The van der Waals surface area contributed by atoms with Gasteiger partial charge in [-0.15, -0.1) is 0 Å². The lowest BCUT2D eigenvalue weighted by Gasteiger charge is -2.36. The van der Waals surface area contributed by atoms with E-state index in [-0.39, 0.29) is 30.5 Å². The van der Waals surface area contributed by atoms with Gasteiger partial charge in [-0.3, -0.25) is 4.79 Å². The van der Waals surface area contributed by atoms with Crippen LogP contribution in [0.25, 0.3) is 5.57 Å². The number of esters is 1. The number of nitrogens with one attached hydrogen (secondary N) is 1. The normalized spacial score (nSPS) is 18.0. The Morgan fingerprint density at radius 1 is 1.02 bits per heavy atom. The summed E-state index contributed by atoms with van der Waals surface area (Å²) in [5.74, 6) is 0.293. The maximum atomic E-state index is 12.0. The van der Waals surface area contributed by atoms with Gasteiger partial charge in [0.2, 0.25) is 0 Å². The molecule has 0 aromatic heterocycles. The van der Waals surface area contributed by atoms with Crippen molar-refractivity contribution in [3.05, 3.63) is 46.7 Å². The van der Waals surface area contributed by atoms with Crippen molar-refractivity contribution in [3.63, 3.8) is 0 Å². The summed E-state index contributed by atoms with van der Waals surface area (Å²) >= 11 is 0. The predicted molar refractivity (Wildman–Crippen MR) is 168 cm³/mol. The molecule has 4 rings (SSSR count). The number of amides is 1. The molecule has 1 amide bonds. The summed E-state index contributed by atoms with van der Waals surface area (Å²) in [6.07, 6.45) is 7.43. The summed E-state index contributed by atoms with van der Waals surface area (Å²) in [5, 5.41) is 31.8. The number of alkyl carbamates (subject to hydrolysis) is 1. The lowest BCUT2D eigenvalue weighted by atomic mass is 9.76. The van der Waals surface area contributed by atoms with Crippen molar-refractivity contribution in [2.24, 2.45) is 11.3 Å². The van der Waals surface area contributed by atoms with E-state index >= 15 is 0 Å². The summed E-state index contributed by atoms with van der Waals surface area (Å²) in [5.41, 5.74) is 1.68. The molecule has 0 bridgehead atoms. The molecule has 1 saturated carbocycles. The van der Waals surface area contributed by atoms with E-state index in [4.69, 9.17) is 14.2 Å². The molecule has 2 aliphatic heterocycles. The molecule has 10 heteroatoms. The molecule has 2 heterocycles. The molecule has 1 N–H and O–H groups in total. The van der Waals surface area contributed by atoms with E-state index in [2.05, 4.69) is 28.4 Å². The lowest BCUT2D eigenvalue weighted by molar-refractivity contribution is -0.153. The van der Waals surface area contributed by atoms with E-state index in [1.807, 2.05) is 45.0 Å². The van der Waals surface area contributed by atoms with Crippen LogP contribution in [0.15, 0.2) is 41.2 Å². The van der Waals surface area contributed by atoms with Gasteiger partial charge in [0.25, 0.3) is 0 Å². The first-order valence-corrected chi connectivity index (χ1v) is 16.0. The van der Waals surface area contributed by atoms with Crippen LogP contribution in [0.4, 0.5) is 10.5 Å². The summed E-state index contributed by atoms with van der Waals surface area (Å²) < 4.78 is 16.9. The van der Waals surface area contributed by atoms with Crippen molar-refractivity contribution in [3.8, 4) is 18.2 Å². The minimum Gasteiger partial charge on any atom is -0.479 e. The molecule has 45 heavy (non-hydrogen) atoms. The number of rotatable bonds is 10. The highest BCUT2D eigenvalue weighted by molar-refractivity contribution is 5.85. The number of ether oxygens (including phenoxy) is 3. The van der Waals surface area contributed by atoms with Crippen molar-refractivity contribution in [2.75, 3.05) is 37.7 Å². The Morgan fingerprint density at radius 3 is 2.29 bits per heavy atom. The van der Waals surface area contributed by atoms with E-state index in [0.29, 0.717) is 24.5 Å². The Balaban J connectivity index is 1.28. The van der Waals surface area contributed by atoms with Gasteiger partial charge in [0.05, 0.1) is 18.6 Å². The van der Waals surface area contributed by atoms with Crippen LogP contribution in [-0.2, 0) is 19.0 Å². The third-order valence-corrected chi connectivity index (χ3v) is 9.39. The lowest BCUT2D eigenvalue weighted by Crippen LogP contribution is -2.35. The molecule has 1 aromatic rings. The van der Waals surface area contributed by atoms with E-state index in [9.17, 15) is 25.4 Å². The van der Waals surface area contributed by atoms with Crippen LogP contribution in [0.1, 0.15) is 84.1 Å². The number of hydrogen-bond acceptors (Lipinski definition) is 9. The van der Waals surface area contributed by atoms with E-state index in [1.54, 1.807) is 0 Å². The molecular formula is C35H43N5O5. The monoisotopic (exact) mass is 613 g/mol. The van der Waals surface area contributed by atoms with Gasteiger partial charge in [-0.1, -0.05) is 25.5 Å². The topological polar surface area (TPSA) is 148 Å². The Labute approximate surface area is 266 Å². The molecule has 0 radical (unpaired) electrons. The number of anilines is 1. The molecule has 2 fully saturated rings. The molecule has 238 valence electrons. The summed E-state index contributed by atoms with van der Waals surface area (Å²) in [6.45, 7) is 8.03. The SMILES string of the molecule is CCC(C)(C)C(=O)OCCNC(=O)OCCC1CCN(c2ccc(C3=C(C#N)C(=C(C#N)C#N)OC34CCCCC4)cc2)CC1. The second-order valence-corrected chi connectivity index (χ2v) is 12.6.